The lowest BCUT2D eigenvalue weighted by Crippen LogP contribution is -2.39. The summed E-state index contributed by atoms with van der Waals surface area (Å²) in [5, 5.41) is 10.6. The molecule has 2 unspecified atom stereocenters. The van der Waals surface area contributed by atoms with E-state index < -0.39 is 0 Å². The van der Waals surface area contributed by atoms with E-state index in [1.165, 1.54) is 0 Å². The fourth-order valence-corrected chi connectivity index (χ4v) is 2.38. The Morgan fingerprint density at radius 3 is 2.73 bits per heavy atom. The van der Waals surface area contributed by atoms with Gasteiger partial charge >= 0.3 is 0 Å². The molecule has 0 aromatic rings. The molecule has 88 valence electrons. The molecule has 15 heavy (non-hydrogen) atoms. The maximum atomic E-state index is 10.6. The number of rotatable bonds is 4. The van der Waals surface area contributed by atoms with Gasteiger partial charge in [0.25, 0.3) is 0 Å². The van der Waals surface area contributed by atoms with Crippen LogP contribution in [0.15, 0.2) is 0 Å². The van der Waals surface area contributed by atoms with E-state index in [0.717, 1.165) is 19.3 Å². The minimum atomic E-state index is -0.194. The molecule has 0 heterocycles. The maximum Gasteiger partial charge on any atom is 0.207 e. The van der Waals surface area contributed by atoms with Gasteiger partial charge in [-0.15, -0.1) is 0 Å². The van der Waals surface area contributed by atoms with Crippen molar-refractivity contribution >= 4 is 0 Å². The van der Waals surface area contributed by atoms with Crippen molar-refractivity contribution in [1.82, 2.24) is 0 Å². The Labute approximate surface area is 91.1 Å². The molecular formula is C11H21NO3. The summed E-state index contributed by atoms with van der Waals surface area (Å²) in [7, 11) is 0. The van der Waals surface area contributed by atoms with Gasteiger partial charge in [-0.1, -0.05) is 13.8 Å². The SMILES string of the molecule is CCOC1CCC(C)(C)C(C[N+](=O)[O-])C1. The first-order chi connectivity index (χ1) is 6.95. The molecule has 0 aromatic heterocycles. The molecule has 1 aliphatic rings. The predicted octanol–water partition coefficient (Wildman–Crippen LogP) is 2.49. The molecule has 2 atom stereocenters. The van der Waals surface area contributed by atoms with Crippen molar-refractivity contribution in [2.24, 2.45) is 11.3 Å². The predicted molar refractivity (Wildman–Crippen MR) is 58.4 cm³/mol. The van der Waals surface area contributed by atoms with Gasteiger partial charge in [0.2, 0.25) is 6.54 Å². The Morgan fingerprint density at radius 1 is 1.53 bits per heavy atom. The second-order valence-electron chi connectivity index (χ2n) is 5.05. The second-order valence-corrected chi connectivity index (χ2v) is 5.05. The van der Waals surface area contributed by atoms with Crippen molar-refractivity contribution in [2.45, 2.75) is 46.1 Å². The third-order valence-electron chi connectivity index (χ3n) is 3.54. The van der Waals surface area contributed by atoms with E-state index in [1.807, 2.05) is 6.92 Å². The van der Waals surface area contributed by atoms with Crippen molar-refractivity contribution in [1.29, 1.82) is 0 Å². The third-order valence-corrected chi connectivity index (χ3v) is 3.54. The summed E-state index contributed by atoms with van der Waals surface area (Å²) in [5.41, 5.74) is 0.0840. The fraction of sp³-hybridized carbons (Fsp3) is 1.00. The lowest BCUT2D eigenvalue weighted by atomic mass is 9.68. The van der Waals surface area contributed by atoms with Crippen LogP contribution in [0.2, 0.25) is 0 Å². The molecule has 1 aliphatic carbocycles. The summed E-state index contributed by atoms with van der Waals surface area (Å²) in [6, 6.07) is 0. The Kier molecular flexibility index (Phi) is 4.08. The lowest BCUT2D eigenvalue weighted by Gasteiger charge is -2.39. The molecule has 0 N–H and O–H groups in total. The van der Waals surface area contributed by atoms with Crippen LogP contribution in [-0.4, -0.2) is 24.2 Å². The van der Waals surface area contributed by atoms with Gasteiger partial charge in [-0.2, -0.15) is 0 Å². The fourth-order valence-electron chi connectivity index (χ4n) is 2.38. The molecule has 0 spiro atoms. The summed E-state index contributed by atoms with van der Waals surface area (Å²) < 4.78 is 5.57. The summed E-state index contributed by atoms with van der Waals surface area (Å²) in [4.78, 5) is 10.4. The monoisotopic (exact) mass is 215 g/mol. The number of hydrogen-bond acceptors (Lipinski definition) is 3. The zero-order valence-electron chi connectivity index (χ0n) is 9.86. The van der Waals surface area contributed by atoms with E-state index in [2.05, 4.69) is 13.8 Å². The zero-order valence-corrected chi connectivity index (χ0v) is 9.86. The van der Waals surface area contributed by atoms with Crippen LogP contribution in [0.4, 0.5) is 0 Å². The lowest BCUT2D eigenvalue weighted by molar-refractivity contribution is -0.493. The Bertz CT molecular complexity index is 228. The van der Waals surface area contributed by atoms with Crippen molar-refractivity contribution in [3.8, 4) is 0 Å². The van der Waals surface area contributed by atoms with E-state index in [0.29, 0.717) is 6.61 Å². The maximum absolute atomic E-state index is 10.6. The Morgan fingerprint density at radius 2 is 2.20 bits per heavy atom. The highest BCUT2D eigenvalue weighted by atomic mass is 16.6. The minimum Gasteiger partial charge on any atom is -0.378 e. The third kappa shape index (κ3) is 3.45. The van der Waals surface area contributed by atoms with Crippen LogP contribution in [0.1, 0.15) is 40.0 Å². The summed E-state index contributed by atoms with van der Waals surface area (Å²) in [5.74, 6) is 0.151. The molecule has 1 saturated carbocycles. The van der Waals surface area contributed by atoms with Crippen LogP contribution >= 0.6 is 0 Å². The first kappa shape index (κ1) is 12.4. The summed E-state index contributed by atoms with van der Waals surface area (Å²) >= 11 is 0. The van der Waals surface area contributed by atoms with Crippen LogP contribution in [0, 0.1) is 21.4 Å². The molecular weight excluding hydrogens is 194 g/mol. The van der Waals surface area contributed by atoms with Gasteiger partial charge in [0.15, 0.2) is 0 Å². The quantitative estimate of drug-likeness (QED) is 0.534. The first-order valence-corrected chi connectivity index (χ1v) is 5.69. The van der Waals surface area contributed by atoms with Gasteiger partial charge in [-0.05, 0) is 31.6 Å². The van der Waals surface area contributed by atoms with Crippen molar-refractivity contribution in [2.75, 3.05) is 13.2 Å². The molecule has 0 bridgehead atoms. The van der Waals surface area contributed by atoms with E-state index in [1.54, 1.807) is 0 Å². The largest absolute Gasteiger partial charge is 0.378 e. The average molecular weight is 215 g/mol. The number of ether oxygens (including phenoxy) is 1. The normalized spacial score (nSPS) is 30.1. The van der Waals surface area contributed by atoms with Crippen LogP contribution in [0.5, 0.6) is 0 Å². The minimum absolute atomic E-state index is 0.0799. The van der Waals surface area contributed by atoms with Gasteiger partial charge in [0.05, 0.1) is 6.10 Å². The van der Waals surface area contributed by atoms with Gasteiger partial charge in [0.1, 0.15) is 0 Å². The molecule has 1 rings (SSSR count). The standard InChI is InChI=1S/C11H21NO3/c1-4-15-10-5-6-11(2,3)9(7-10)8-12(13)14/h9-10H,4-8H2,1-3H3. The van der Waals surface area contributed by atoms with Gasteiger partial charge < -0.3 is 4.74 Å². The van der Waals surface area contributed by atoms with E-state index in [-0.39, 0.29) is 28.9 Å². The molecule has 4 heteroatoms. The van der Waals surface area contributed by atoms with Crippen LogP contribution < -0.4 is 0 Å². The van der Waals surface area contributed by atoms with Gasteiger partial charge in [0, 0.05) is 17.4 Å². The molecule has 1 fully saturated rings. The highest BCUT2D eigenvalue weighted by Crippen LogP contribution is 2.41. The van der Waals surface area contributed by atoms with Crippen LogP contribution in [-0.2, 0) is 4.74 Å². The van der Waals surface area contributed by atoms with Crippen molar-refractivity contribution < 1.29 is 9.66 Å². The van der Waals surface area contributed by atoms with Gasteiger partial charge in [-0.3, -0.25) is 10.1 Å². The van der Waals surface area contributed by atoms with E-state index in [4.69, 9.17) is 4.74 Å². The number of nitro groups is 1. The molecule has 0 aliphatic heterocycles. The smallest absolute Gasteiger partial charge is 0.207 e. The zero-order chi connectivity index (χ0) is 11.5. The highest BCUT2D eigenvalue weighted by Gasteiger charge is 2.39. The van der Waals surface area contributed by atoms with Crippen molar-refractivity contribution in [3.05, 3.63) is 10.1 Å². The molecule has 4 nitrogen and oxygen atoms in total. The number of hydrogen-bond donors (Lipinski definition) is 0. The number of nitrogens with zero attached hydrogens (tertiary/aromatic N) is 1. The second kappa shape index (κ2) is 4.92. The van der Waals surface area contributed by atoms with Gasteiger partial charge in [-0.25, -0.2) is 0 Å². The molecule has 0 radical (unpaired) electrons. The van der Waals surface area contributed by atoms with E-state index in [9.17, 15) is 10.1 Å². The Hall–Kier alpha value is -0.640. The van der Waals surface area contributed by atoms with Crippen molar-refractivity contribution in [3.63, 3.8) is 0 Å². The average Bonchev–Trinajstić information content (AvgIpc) is 2.11. The summed E-state index contributed by atoms with van der Waals surface area (Å²) in [6.07, 6.45) is 3.13. The highest BCUT2D eigenvalue weighted by molar-refractivity contribution is 4.86. The first-order valence-electron chi connectivity index (χ1n) is 5.69. The van der Waals surface area contributed by atoms with Crippen LogP contribution in [0.3, 0.4) is 0 Å². The van der Waals surface area contributed by atoms with Crippen LogP contribution in [0.25, 0.3) is 0 Å². The Balaban J connectivity index is 2.57. The molecule has 0 amide bonds. The molecule has 0 saturated heterocycles. The topological polar surface area (TPSA) is 52.4 Å². The summed E-state index contributed by atoms with van der Waals surface area (Å²) in [6.45, 7) is 7.02. The molecule has 0 aromatic carbocycles. The van der Waals surface area contributed by atoms with E-state index >= 15 is 0 Å².